The molecule has 1 aliphatic rings. The number of nitrogen functional groups attached to an aromatic ring is 1. The first-order valence-electron chi connectivity index (χ1n) is 3.95. The molecule has 0 radical (unpaired) electrons. The van der Waals surface area contributed by atoms with E-state index < -0.39 is 0 Å². The summed E-state index contributed by atoms with van der Waals surface area (Å²) in [5.41, 5.74) is 7.30. The third-order valence-electron chi connectivity index (χ3n) is 1.98. The average molecular weight is 165 g/mol. The molecule has 1 heterocycles. The third-order valence-corrected chi connectivity index (χ3v) is 1.98. The smallest absolute Gasteiger partial charge is 0.124 e. The second kappa shape index (κ2) is 2.68. The van der Waals surface area contributed by atoms with Gasteiger partial charge in [0.25, 0.3) is 0 Å². The second-order valence-electron chi connectivity index (χ2n) is 3.04. The van der Waals surface area contributed by atoms with Crippen LogP contribution < -0.4 is 10.5 Å². The van der Waals surface area contributed by atoms with Gasteiger partial charge in [0.2, 0.25) is 0 Å². The molecule has 0 spiro atoms. The van der Waals surface area contributed by atoms with E-state index in [0.717, 1.165) is 11.3 Å². The van der Waals surface area contributed by atoms with Gasteiger partial charge >= 0.3 is 0 Å². The van der Waals surface area contributed by atoms with Crippen LogP contribution in [0, 0.1) is 0 Å². The number of ether oxygens (including phenoxy) is 1. The molecule has 2 rings (SSSR count). The van der Waals surface area contributed by atoms with Gasteiger partial charge in [-0.3, -0.25) is 0 Å². The highest BCUT2D eigenvalue weighted by Crippen LogP contribution is 2.26. The summed E-state index contributed by atoms with van der Waals surface area (Å²) in [5.74, 6) is 0.806. The number of hydrogen-bond acceptors (Lipinski definition) is 3. The van der Waals surface area contributed by atoms with Crippen LogP contribution in [0.2, 0.25) is 0 Å². The van der Waals surface area contributed by atoms with Crippen LogP contribution >= 0.6 is 0 Å². The summed E-state index contributed by atoms with van der Waals surface area (Å²) in [4.78, 5) is 0. The Morgan fingerprint density at radius 2 is 2.33 bits per heavy atom. The molecule has 3 N–H and O–H groups in total. The van der Waals surface area contributed by atoms with Crippen LogP contribution in [0.1, 0.15) is 5.56 Å². The molecule has 1 aromatic rings. The van der Waals surface area contributed by atoms with Crippen molar-refractivity contribution in [1.82, 2.24) is 0 Å². The first kappa shape index (κ1) is 7.43. The van der Waals surface area contributed by atoms with Gasteiger partial charge in [0, 0.05) is 18.2 Å². The van der Waals surface area contributed by atoms with E-state index in [4.69, 9.17) is 10.5 Å². The summed E-state index contributed by atoms with van der Waals surface area (Å²) in [6.45, 7) is 0.371. The zero-order valence-electron chi connectivity index (χ0n) is 6.66. The molecule has 0 fully saturated rings. The Morgan fingerprint density at radius 1 is 1.50 bits per heavy atom. The fourth-order valence-electron chi connectivity index (χ4n) is 1.37. The van der Waals surface area contributed by atoms with E-state index in [9.17, 15) is 5.11 Å². The Balaban J connectivity index is 2.37. The van der Waals surface area contributed by atoms with Crippen LogP contribution in [-0.4, -0.2) is 17.8 Å². The van der Waals surface area contributed by atoms with E-state index >= 15 is 0 Å². The lowest BCUT2D eigenvalue weighted by molar-refractivity contribution is 0.0922. The molecule has 0 bridgehead atoms. The number of rotatable bonds is 0. The van der Waals surface area contributed by atoms with E-state index in [1.807, 2.05) is 12.1 Å². The molecule has 3 heteroatoms. The fourth-order valence-corrected chi connectivity index (χ4v) is 1.37. The van der Waals surface area contributed by atoms with Gasteiger partial charge in [0.1, 0.15) is 12.4 Å². The molecule has 0 aliphatic carbocycles. The highest BCUT2D eigenvalue weighted by molar-refractivity contribution is 5.49. The molecule has 0 saturated carbocycles. The zero-order valence-corrected chi connectivity index (χ0v) is 6.66. The summed E-state index contributed by atoms with van der Waals surface area (Å²) in [7, 11) is 0. The van der Waals surface area contributed by atoms with Crippen molar-refractivity contribution in [2.24, 2.45) is 0 Å². The van der Waals surface area contributed by atoms with Gasteiger partial charge in [-0.15, -0.1) is 0 Å². The Hall–Kier alpha value is -1.22. The summed E-state index contributed by atoms with van der Waals surface area (Å²) in [6.07, 6.45) is 0.288. The predicted molar refractivity (Wildman–Crippen MR) is 46.1 cm³/mol. The van der Waals surface area contributed by atoms with Crippen molar-refractivity contribution in [3.63, 3.8) is 0 Å². The SMILES string of the molecule is Nc1ccc2c(c1)OCC(O)C2. The minimum atomic E-state index is -0.374. The van der Waals surface area contributed by atoms with Gasteiger partial charge in [-0.1, -0.05) is 6.07 Å². The van der Waals surface area contributed by atoms with Crippen molar-refractivity contribution in [2.75, 3.05) is 12.3 Å². The minimum Gasteiger partial charge on any atom is -0.491 e. The first-order chi connectivity index (χ1) is 5.75. The topological polar surface area (TPSA) is 55.5 Å². The van der Waals surface area contributed by atoms with E-state index in [2.05, 4.69) is 0 Å². The first-order valence-corrected chi connectivity index (χ1v) is 3.95. The van der Waals surface area contributed by atoms with Crippen molar-refractivity contribution in [3.05, 3.63) is 23.8 Å². The summed E-state index contributed by atoms with van der Waals surface area (Å²) in [5, 5.41) is 9.27. The monoisotopic (exact) mass is 165 g/mol. The van der Waals surface area contributed by atoms with Crippen LogP contribution in [0.25, 0.3) is 0 Å². The summed E-state index contributed by atoms with van der Waals surface area (Å²) < 4.78 is 5.29. The van der Waals surface area contributed by atoms with Crippen molar-refractivity contribution in [1.29, 1.82) is 0 Å². The van der Waals surface area contributed by atoms with Crippen LogP contribution in [0.15, 0.2) is 18.2 Å². The number of benzene rings is 1. The van der Waals surface area contributed by atoms with E-state index in [0.29, 0.717) is 18.7 Å². The second-order valence-corrected chi connectivity index (χ2v) is 3.04. The number of anilines is 1. The summed E-state index contributed by atoms with van der Waals surface area (Å²) in [6, 6.07) is 5.51. The van der Waals surface area contributed by atoms with E-state index in [-0.39, 0.29) is 6.10 Å². The quantitative estimate of drug-likeness (QED) is 0.552. The van der Waals surface area contributed by atoms with Gasteiger partial charge in [0.15, 0.2) is 0 Å². The zero-order chi connectivity index (χ0) is 8.55. The standard InChI is InChI=1S/C9H11NO2/c10-7-2-1-6-3-8(11)5-12-9(6)4-7/h1-2,4,8,11H,3,5,10H2. The molecule has 64 valence electrons. The Labute approximate surface area is 70.8 Å². The third kappa shape index (κ3) is 1.23. The lowest BCUT2D eigenvalue weighted by Crippen LogP contribution is -2.25. The minimum absolute atomic E-state index is 0.371. The van der Waals surface area contributed by atoms with Gasteiger partial charge < -0.3 is 15.6 Å². The van der Waals surface area contributed by atoms with Crippen LogP contribution in [0.5, 0.6) is 5.75 Å². The number of fused-ring (bicyclic) bond motifs is 1. The Kier molecular flexibility index (Phi) is 1.66. The van der Waals surface area contributed by atoms with Crippen molar-refractivity contribution >= 4 is 5.69 Å². The molecule has 1 atom stereocenters. The van der Waals surface area contributed by atoms with Gasteiger partial charge in [-0.2, -0.15) is 0 Å². The van der Waals surface area contributed by atoms with Gasteiger partial charge in [-0.25, -0.2) is 0 Å². The predicted octanol–water partition coefficient (Wildman–Crippen LogP) is 0.565. The molecular formula is C9H11NO2. The van der Waals surface area contributed by atoms with Crippen LogP contribution in [0.3, 0.4) is 0 Å². The fraction of sp³-hybridized carbons (Fsp3) is 0.333. The van der Waals surface area contributed by atoms with E-state index in [1.165, 1.54) is 0 Å². The van der Waals surface area contributed by atoms with Crippen molar-refractivity contribution < 1.29 is 9.84 Å². The Morgan fingerprint density at radius 3 is 3.17 bits per heavy atom. The van der Waals surface area contributed by atoms with Gasteiger partial charge in [0.05, 0.1) is 6.10 Å². The number of aliphatic hydroxyl groups is 1. The lowest BCUT2D eigenvalue weighted by Gasteiger charge is -2.21. The average Bonchev–Trinajstić information content (AvgIpc) is 2.05. The molecule has 0 amide bonds. The van der Waals surface area contributed by atoms with Crippen molar-refractivity contribution in [2.45, 2.75) is 12.5 Å². The number of hydrogen-bond donors (Lipinski definition) is 2. The molecule has 1 aromatic carbocycles. The highest BCUT2D eigenvalue weighted by Gasteiger charge is 2.16. The van der Waals surface area contributed by atoms with E-state index in [1.54, 1.807) is 6.07 Å². The van der Waals surface area contributed by atoms with Crippen LogP contribution in [-0.2, 0) is 6.42 Å². The maximum absolute atomic E-state index is 9.27. The van der Waals surface area contributed by atoms with Gasteiger partial charge in [-0.05, 0) is 11.6 Å². The molecule has 1 aliphatic heterocycles. The Bertz CT molecular complexity index is 299. The van der Waals surface area contributed by atoms with Crippen LogP contribution in [0.4, 0.5) is 5.69 Å². The maximum atomic E-state index is 9.27. The molecule has 0 aromatic heterocycles. The van der Waals surface area contributed by atoms with Crippen molar-refractivity contribution in [3.8, 4) is 5.75 Å². The summed E-state index contributed by atoms with van der Waals surface area (Å²) >= 11 is 0. The molecule has 3 nitrogen and oxygen atoms in total. The number of nitrogens with two attached hydrogens (primary N) is 1. The molecule has 0 saturated heterocycles. The number of aliphatic hydroxyl groups excluding tert-OH is 1. The molecule has 1 unspecified atom stereocenters. The lowest BCUT2D eigenvalue weighted by atomic mass is 10.0. The molecular weight excluding hydrogens is 154 g/mol. The largest absolute Gasteiger partial charge is 0.491 e. The maximum Gasteiger partial charge on any atom is 0.124 e. The highest BCUT2D eigenvalue weighted by atomic mass is 16.5. The molecule has 12 heavy (non-hydrogen) atoms. The normalized spacial score (nSPS) is 21.2.